The molecule has 30 heavy (non-hydrogen) atoms. The molecule has 0 heterocycles. The predicted molar refractivity (Wildman–Crippen MR) is 114 cm³/mol. The SMILES string of the molecule is CC(C)(C)C(=O)O.CC(C)(C)C(=O)O.CC1C2=C(CCC[CH-]2)C2=C1CCCC2.[Cl-].[Ti]. The molecule has 0 spiro atoms. The molecular weight excluding hydrogens is 436 g/mol. The first-order valence-corrected chi connectivity index (χ1v) is 10.5. The van der Waals surface area contributed by atoms with Crippen molar-refractivity contribution in [2.75, 3.05) is 0 Å². The van der Waals surface area contributed by atoms with Crippen LogP contribution < -0.4 is 12.4 Å². The Morgan fingerprint density at radius 3 is 1.67 bits per heavy atom. The maximum Gasteiger partial charge on any atom is 0.308 e. The van der Waals surface area contributed by atoms with E-state index in [1.54, 1.807) is 63.8 Å². The molecule has 0 aliphatic heterocycles. The molecule has 0 radical (unpaired) electrons. The number of rotatable bonds is 0. The molecule has 0 aromatic heterocycles. The second kappa shape index (κ2) is 13.0. The second-order valence-corrected chi connectivity index (χ2v) is 10.1. The Labute approximate surface area is 204 Å². The molecule has 0 aromatic rings. The molecule has 2 N–H and O–H groups in total. The van der Waals surface area contributed by atoms with E-state index in [0.29, 0.717) is 0 Å². The molecule has 3 aliphatic carbocycles. The Morgan fingerprint density at radius 1 is 0.833 bits per heavy atom. The van der Waals surface area contributed by atoms with Crippen LogP contribution in [0.15, 0.2) is 22.3 Å². The zero-order valence-corrected chi connectivity index (χ0v) is 22.0. The van der Waals surface area contributed by atoms with Crippen molar-refractivity contribution in [3.8, 4) is 0 Å². The van der Waals surface area contributed by atoms with Crippen LogP contribution in [0.4, 0.5) is 0 Å². The van der Waals surface area contributed by atoms with Crippen molar-refractivity contribution in [3.05, 3.63) is 28.7 Å². The molecule has 6 heteroatoms. The van der Waals surface area contributed by atoms with Gasteiger partial charge in [0.2, 0.25) is 0 Å². The van der Waals surface area contributed by atoms with Crippen LogP contribution in [0.1, 0.15) is 93.4 Å². The molecule has 4 nitrogen and oxygen atoms in total. The first-order chi connectivity index (χ1) is 12.8. The fourth-order valence-corrected chi connectivity index (χ4v) is 3.51. The summed E-state index contributed by atoms with van der Waals surface area (Å²) < 4.78 is 0. The maximum absolute atomic E-state index is 10.0. The topological polar surface area (TPSA) is 74.6 Å². The fourth-order valence-electron chi connectivity index (χ4n) is 3.51. The van der Waals surface area contributed by atoms with Gasteiger partial charge in [0.05, 0.1) is 10.8 Å². The Bertz CT molecular complexity index is 595. The average molecular weight is 475 g/mol. The first-order valence-electron chi connectivity index (χ1n) is 10.5. The smallest absolute Gasteiger partial charge is 0.308 e. The third-order valence-electron chi connectivity index (χ3n) is 5.49. The van der Waals surface area contributed by atoms with Gasteiger partial charge in [-0.3, -0.25) is 9.59 Å². The summed E-state index contributed by atoms with van der Waals surface area (Å²) in [5.74, 6) is -0.736. The number of aliphatic carboxylic acids is 2. The van der Waals surface area contributed by atoms with Crippen molar-refractivity contribution >= 4 is 11.9 Å². The van der Waals surface area contributed by atoms with Gasteiger partial charge in [0, 0.05) is 21.7 Å². The van der Waals surface area contributed by atoms with Gasteiger partial charge in [0.15, 0.2) is 0 Å². The normalized spacial score (nSPS) is 19.9. The molecule has 0 saturated heterocycles. The van der Waals surface area contributed by atoms with E-state index in [2.05, 4.69) is 13.3 Å². The number of carboxylic acid groups (broad SMARTS) is 2. The molecule has 0 bridgehead atoms. The number of allylic oxidation sites excluding steroid dienone is 4. The largest absolute Gasteiger partial charge is 1.00 e. The van der Waals surface area contributed by atoms with Crippen LogP contribution >= 0.6 is 0 Å². The van der Waals surface area contributed by atoms with Gasteiger partial charge in [-0.15, -0.1) is 12.0 Å². The van der Waals surface area contributed by atoms with Crippen LogP contribution in [0.2, 0.25) is 0 Å². The molecular formula is C24H39ClO4Ti-2. The Kier molecular flexibility index (Phi) is 13.6. The van der Waals surface area contributed by atoms with Crippen LogP contribution in [-0.4, -0.2) is 22.2 Å². The summed E-state index contributed by atoms with van der Waals surface area (Å²) in [6.45, 7) is 12.4. The summed E-state index contributed by atoms with van der Waals surface area (Å²) in [5.41, 5.74) is 5.90. The van der Waals surface area contributed by atoms with Crippen molar-refractivity contribution in [1.82, 2.24) is 0 Å². The van der Waals surface area contributed by atoms with E-state index in [1.807, 2.05) is 0 Å². The molecule has 0 aromatic carbocycles. The van der Waals surface area contributed by atoms with Crippen LogP contribution in [-0.2, 0) is 31.3 Å². The minimum atomic E-state index is -0.757. The van der Waals surface area contributed by atoms with Crippen molar-refractivity contribution in [3.63, 3.8) is 0 Å². The van der Waals surface area contributed by atoms with Crippen molar-refractivity contribution < 1.29 is 53.9 Å². The molecule has 3 aliphatic rings. The molecule has 0 amide bonds. The van der Waals surface area contributed by atoms with Crippen molar-refractivity contribution in [2.45, 2.75) is 93.4 Å². The monoisotopic (exact) mass is 474 g/mol. The fraction of sp³-hybridized carbons (Fsp3) is 0.708. The van der Waals surface area contributed by atoms with Gasteiger partial charge in [0.25, 0.3) is 0 Å². The Hall–Kier alpha value is -0.706. The number of fused-ring (bicyclic) bond motifs is 1. The molecule has 1 atom stereocenters. The summed E-state index contributed by atoms with van der Waals surface area (Å²) in [4.78, 5) is 20.0. The van der Waals surface area contributed by atoms with Crippen LogP contribution in [0.5, 0.6) is 0 Å². The van der Waals surface area contributed by atoms with Crippen LogP contribution in [0, 0.1) is 23.2 Å². The third-order valence-corrected chi connectivity index (χ3v) is 5.49. The van der Waals surface area contributed by atoms with E-state index in [-0.39, 0.29) is 34.1 Å². The van der Waals surface area contributed by atoms with Gasteiger partial charge in [-0.2, -0.15) is 5.57 Å². The zero-order valence-electron chi connectivity index (χ0n) is 19.7. The van der Waals surface area contributed by atoms with E-state index >= 15 is 0 Å². The van der Waals surface area contributed by atoms with Crippen molar-refractivity contribution in [2.24, 2.45) is 16.7 Å². The Morgan fingerprint density at radius 2 is 1.23 bits per heavy atom. The number of carbonyl (C=O) groups is 2. The second-order valence-electron chi connectivity index (χ2n) is 10.1. The Balaban J connectivity index is 0. The third kappa shape index (κ3) is 9.20. The molecule has 172 valence electrons. The number of hydrogen-bond acceptors (Lipinski definition) is 2. The average Bonchev–Trinajstić information content (AvgIpc) is 2.88. The number of hydrogen-bond donors (Lipinski definition) is 2. The molecule has 0 saturated carbocycles. The number of carboxylic acids is 2. The van der Waals surface area contributed by atoms with E-state index < -0.39 is 22.8 Å². The van der Waals surface area contributed by atoms with E-state index in [9.17, 15) is 9.59 Å². The standard InChI is InChI=1S/C14H19.2C5H10O2.ClH.Ti/c1-10-11-6-2-4-8-13(11)14-9-5-3-7-12(10)14;2*1-5(2,3)4(6)7;;/h6,10H,2-5,7-9H2,1H3;2*1-3H3,(H,6,7);1H;/q-1;;;;/p-1. The van der Waals surface area contributed by atoms with Gasteiger partial charge < -0.3 is 22.6 Å². The number of halogens is 1. The van der Waals surface area contributed by atoms with Gasteiger partial charge in [0.1, 0.15) is 0 Å². The zero-order chi connectivity index (χ0) is 21.7. The van der Waals surface area contributed by atoms with Crippen molar-refractivity contribution in [1.29, 1.82) is 0 Å². The summed E-state index contributed by atoms with van der Waals surface area (Å²) in [7, 11) is 0. The van der Waals surface area contributed by atoms with Crippen LogP contribution in [0.3, 0.4) is 0 Å². The minimum absolute atomic E-state index is 0. The van der Waals surface area contributed by atoms with Gasteiger partial charge in [-0.25, -0.2) is 12.0 Å². The van der Waals surface area contributed by atoms with E-state index in [4.69, 9.17) is 10.2 Å². The van der Waals surface area contributed by atoms with Gasteiger partial charge >= 0.3 is 11.9 Å². The predicted octanol–water partition coefficient (Wildman–Crippen LogP) is 3.43. The molecule has 3 rings (SSSR count). The summed E-state index contributed by atoms with van der Waals surface area (Å²) in [5, 5.41) is 16.5. The summed E-state index contributed by atoms with van der Waals surface area (Å²) in [6, 6.07) is 0. The molecule has 1 unspecified atom stereocenters. The molecule has 0 fully saturated rings. The quantitative estimate of drug-likeness (QED) is 0.417. The summed E-state index contributed by atoms with van der Waals surface area (Å²) in [6.07, 6.45) is 12.2. The minimum Gasteiger partial charge on any atom is -1.00 e. The van der Waals surface area contributed by atoms with E-state index in [1.165, 1.54) is 44.9 Å². The van der Waals surface area contributed by atoms with Crippen LogP contribution in [0.25, 0.3) is 0 Å². The van der Waals surface area contributed by atoms with E-state index in [0.717, 1.165) is 5.92 Å². The van der Waals surface area contributed by atoms with Gasteiger partial charge in [-0.1, -0.05) is 31.8 Å². The maximum atomic E-state index is 10.0. The van der Waals surface area contributed by atoms with Gasteiger partial charge in [-0.05, 0) is 66.7 Å². The first kappa shape index (κ1) is 31.5. The summed E-state index contributed by atoms with van der Waals surface area (Å²) >= 11 is 0.